The summed E-state index contributed by atoms with van der Waals surface area (Å²) in [6.45, 7) is 1.79. The van der Waals surface area contributed by atoms with Gasteiger partial charge in [-0.1, -0.05) is 0 Å². The molecule has 0 aromatic heterocycles. The van der Waals surface area contributed by atoms with E-state index in [9.17, 15) is 19.3 Å². The van der Waals surface area contributed by atoms with Gasteiger partial charge in [0.1, 0.15) is 11.5 Å². The van der Waals surface area contributed by atoms with Crippen LogP contribution in [0.3, 0.4) is 0 Å². The largest absolute Gasteiger partial charge is 0.304 e. The minimum Gasteiger partial charge on any atom is -0.304 e. The normalized spacial score (nSPS) is 19.8. The molecule has 0 spiro atoms. The molecule has 6 heteroatoms. The number of hydrogen-bond donors (Lipinski definition) is 0. The molecule has 0 aliphatic carbocycles. The van der Waals surface area contributed by atoms with Gasteiger partial charge in [-0.3, -0.25) is 14.9 Å². The topological polar surface area (TPSA) is 63.5 Å². The monoisotopic (exact) mass is 238 g/mol. The lowest BCUT2D eigenvalue weighted by Crippen LogP contribution is -2.31. The molecule has 0 saturated carbocycles. The fourth-order valence-electron chi connectivity index (χ4n) is 2.04. The van der Waals surface area contributed by atoms with Crippen molar-refractivity contribution in [2.24, 2.45) is 0 Å². The number of nitrogens with zero attached hydrogens (tertiary/aromatic N) is 2. The van der Waals surface area contributed by atoms with Gasteiger partial charge in [-0.05, 0) is 19.4 Å². The van der Waals surface area contributed by atoms with Crippen molar-refractivity contribution in [2.75, 3.05) is 4.90 Å². The Kier molecular flexibility index (Phi) is 2.79. The van der Waals surface area contributed by atoms with Gasteiger partial charge < -0.3 is 4.90 Å². The molecule has 1 aliphatic rings. The molecule has 5 nitrogen and oxygen atoms in total. The number of carbonyl (C=O) groups is 1. The summed E-state index contributed by atoms with van der Waals surface area (Å²) in [6, 6.07) is 3.01. The van der Waals surface area contributed by atoms with Crippen LogP contribution in [0.4, 0.5) is 15.8 Å². The van der Waals surface area contributed by atoms with Crippen molar-refractivity contribution in [3.8, 4) is 0 Å². The Balaban J connectivity index is 2.53. The summed E-state index contributed by atoms with van der Waals surface area (Å²) >= 11 is 0. The van der Waals surface area contributed by atoms with Crippen LogP contribution in [0.5, 0.6) is 0 Å². The highest BCUT2D eigenvalue weighted by Gasteiger charge is 2.33. The summed E-state index contributed by atoms with van der Waals surface area (Å²) in [5.74, 6) is -0.788. The molecule has 1 unspecified atom stereocenters. The maximum Gasteiger partial charge on any atom is 0.293 e. The number of amides is 1. The Bertz CT molecular complexity index is 490. The highest BCUT2D eigenvalue weighted by molar-refractivity contribution is 5.98. The van der Waals surface area contributed by atoms with E-state index in [0.29, 0.717) is 12.8 Å². The van der Waals surface area contributed by atoms with Gasteiger partial charge in [0.05, 0.1) is 4.92 Å². The maximum absolute atomic E-state index is 13.2. The van der Waals surface area contributed by atoms with E-state index in [2.05, 4.69) is 0 Å². The highest BCUT2D eigenvalue weighted by Crippen LogP contribution is 2.34. The molecule has 2 rings (SSSR count). The molecule has 1 aromatic rings. The van der Waals surface area contributed by atoms with Crippen LogP contribution in [0.1, 0.15) is 19.8 Å². The van der Waals surface area contributed by atoms with Gasteiger partial charge in [-0.25, -0.2) is 4.39 Å². The molecule has 1 amide bonds. The van der Waals surface area contributed by atoms with Crippen LogP contribution in [0, 0.1) is 15.9 Å². The molecule has 1 aliphatic heterocycles. The fourth-order valence-corrected chi connectivity index (χ4v) is 2.04. The van der Waals surface area contributed by atoms with Crippen LogP contribution in [0.2, 0.25) is 0 Å². The minimum absolute atomic E-state index is 0.0463. The number of hydrogen-bond acceptors (Lipinski definition) is 3. The summed E-state index contributed by atoms with van der Waals surface area (Å²) in [7, 11) is 0. The summed E-state index contributed by atoms with van der Waals surface area (Å²) in [5.41, 5.74) is -0.196. The molecule has 17 heavy (non-hydrogen) atoms. The quantitative estimate of drug-likeness (QED) is 0.586. The summed E-state index contributed by atoms with van der Waals surface area (Å²) in [4.78, 5) is 23.2. The third kappa shape index (κ3) is 1.98. The molecule has 0 bridgehead atoms. The summed E-state index contributed by atoms with van der Waals surface area (Å²) in [6.07, 6.45) is 0.974. The second kappa shape index (κ2) is 4.12. The fraction of sp³-hybridized carbons (Fsp3) is 0.364. The van der Waals surface area contributed by atoms with Crippen LogP contribution < -0.4 is 4.90 Å². The van der Waals surface area contributed by atoms with Crippen LogP contribution in [0.25, 0.3) is 0 Å². The molecular formula is C11H11FN2O3. The molecular weight excluding hydrogens is 227 g/mol. The van der Waals surface area contributed by atoms with Crippen LogP contribution >= 0.6 is 0 Å². The van der Waals surface area contributed by atoms with Crippen molar-refractivity contribution in [3.63, 3.8) is 0 Å². The van der Waals surface area contributed by atoms with Crippen molar-refractivity contribution in [1.82, 2.24) is 0 Å². The van der Waals surface area contributed by atoms with E-state index < -0.39 is 10.7 Å². The van der Waals surface area contributed by atoms with Gasteiger partial charge in [0, 0.05) is 24.6 Å². The minimum atomic E-state index is -0.604. The summed E-state index contributed by atoms with van der Waals surface area (Å²) < 4.78 is 13.2. The first-order chi connectivity index (χ1) is 8.00. The Morgan fingerprint density at radius 3 is 2.76 bits per heavy atom. The molecule has 1 aromatic carbocycles. The molecule has 0 N–H and O–H groups in total. The Labute approximate surface area is 97.0 Å². The Morgan fingerprint density at radius 1 is 1.53 bits per heavy atom. The molecule has 1 heterocycles. The molecule has 0 radical (unpaired) electrons. The lowest BCUT2D eigenvalue weighted by atomic mass is 10.2. The van der Waals surface area contributed by atoms with Crippen LogP contribution in [-0.2, 0) is 4.79 Å². The predicted octanol–water partition coefficient (Wildman–Crippen LogP) is 2.25. The number of anilines is 1. The number of benzene rings is 1. The predicted molar refractivity (Wildman–Crippen MR) is 59.2 cm³/mol. The van der Waals surface area contributed by atoms with Crippen LogP contribution in [-0.4, -0.2) is 16.9 Å². The van der Waals surface area contributed by atoms with Crippen molar-refractivity contribution in [3.05, 3.63) is 34.1 Å². The van der Waals surface area contributed by atoms with Crippen molar-refractivity contribution < 1.29 is 14.1 Å². The van der Waals surface area contributed by atoms with Crippen molar-refractivity contribution in [1.29, 1.82) is 0 Å². The SMILES string of the molecule is CC1CCC(=O)N1c1cc(F)ccc1[N+](=O)[O-]. The standard InChI is InChI=1S/C11H11FN2O3/c1-7-2-5-11(15)13(7)10-6-8(12)3-4-9(10)14(16)17/h3-4,6-7H,2,5H2,1H3. The molecule has 1 saturated heterocycles. The number of halogens is 1. The second-order valence-corrected chi connectivity index (χ2v) is 4.04. The Hall–Kier alpha value is -1.98. The highest BCUT2D eigenvalue weighted by atomic mass is 19.1. The number of rotatable bonds is 2. The Morgan fingerprint density at radius 2 is 2.24 bits per heavy atom. The van der Waals surface area contributed by atoms with E-state index in [0.717, 1.165) is 18.2 Å². The molecule has 90 valence electrons. The lowest BCUT2D eigenvalue weighted by molar-refractivity contribution is -0.384. The van der Waals surface area contributed by atoms with E-state index >= 15 is 0 Å². The molecule has 1 atom stereocenters. The maximum atomic E-state index is 13.2. The zero-order valence-electron chi connectivity index (χ0n) is 9.22. The third-order valence-electron chi connectivity index (χ3n) is 2.88. The van der Waals surface area contributed by atoms with Crippen molar-refractivity contribution in [2.45, 2.75) is 25.8 Å². The smallest absolute Gasteiger partial charge is 0.293 e. The average molecular weight is 238 g/mol. The first kappa shape index (κ1) is 11.5. The van der Waals surface area contributed by atoms with Gasteiger partial charge >= 0.3 is 0 Å². The van der Waals surface area contributed by atoms with Gasteiger partial charge in [-0.15, -0.1) is 0 Å². The number of nitro benzene ring substituents is 1. The first-order valence-corrected chi connectivity index (χ1v) is 5.26. The summed E-state index contributed by atoms with van der Waals surface area (Å²) in [5, 5.41) is 10.8. The van der Waals surface area contributed by atoms with E-state index in [-0.39, 0.29) is 23.3 Å². The van der Waals surface area contributed by atoms with E-state index in [1.165, 1.54) is 4.90 Å². The zero-order valence-corrected chi connectivity index (χ0v) is 9.22. The molecule has 1 fully saturated rings. The second-order valence-electron chi connectivity index (χ2n) is 4.04. The van der Waals surface area contributed by atoms with E-state index in [1.54, 1.807) is 6.92 Å². The van der Waals surface area contributed by atoms with Gasteiger partial charge in [-0.2, -0.15) is 0 Å². The first-order valence-electron chi connectivity index (χ1n) is 5.26. The van der Waals surface area contributed by atoms with Gasteiger partial charge in [0.2, 0.25) is 5.91 Å². The third-order valence-corrected chi connectivity index (χ3v) is 2.88. The van der Waals surface area contributed by atoms with E-state index in [4.69, 9.17) is 0 Å². The van der Waals surface area contributed by atoms with E-state index in [1.807, 2.05) is 0 Å². The van der Waals surface area contributed by atoms with Crippen molar-refractivity contribution >= 4 is 17.3 Å². The van der Waals surface area contributed by atoms with Crippen LogP contribution in [0.15, 0.2) is 18.2 Å². The zero-order chi connectivity index (χ0) is 12.6. The number of carbonyl (C=O) groups excluding carboxylic acids is 1. The van der Waals surface area contributed by atoms with Gasteiger partial charge in [0.15, 0.2) is 0 Å². The lowest BCUT2D eigenvalue weighted by Gasteiger charge is -2.21. The number of nitro groups is 1. The average Bonchev–Trinajstić information content (AvgIpc) is 2.58. The van der Waals surface area contributed by atoms with Gasteiger partial charge in [0.25, 0.3) is 5.69 Å².